The Morgan fingerprint density at radius 3 is 2.38 bits per heavy atom. The summed E-state index contributed by atoms with van der Waals surface area (Å²) in [6, 6.07) is 16.9. The second kappa shape index (κ2) is 9.06. The molecule has 128 valence electrons. The zero-order chi connectivity index (χ0) is 17.4. The summed E-state index contributed by atoms with van der Waals surface area (Å²) >= 11 is 1.76. The van der Waals surface area contributed by atoms with E-state index in [1.165, 1.54) is 4.90 Å². The summed E-state index contributed by atoms with van der Waals surface area (Å²) in [4.78, 5) is 1.54. The quantitative estimate of drug-likeness (QED) is 0.560. The topological polar surface area (TPSA) is 46.2 Å². The van der Waals surface area contributed by atoms with Crippen LogP contribution in [0.4, 0.5) is 0 Å². The number of nitrogens with one attached hydrogen (secondary N) is 1. The third-order valence-electron chi connectivity index (χ3n) is 3.43. The third kappa shape index (κ3) is 6.15. The second-order valence-corrected chi connectivity index (χ2v) is 8.47. The highest BCUT2D eigenvalue weighted by atomic mass is 32.2. The lowest BCUT2D eigenvalue weighted by Crippen LogP contribution is -2.32. The van der Waals surface area contributed by atoms with Gasteiger partial charge in [-0.3, -0.25) is 0 Å². The summed E-state index contributed by atoms with van der Waals surface area (Å²) in [5.74, 6) is 0.876. The molecule has 2 aromatic rings. The van der Waals surface area contributed by atoms with Crippen molar-refractivity contribution in [3.8, 4) is 0 Å². The van der Waals surface area contributed by atoms with Gasteiger partial charge in [-0.2, -0.15) is 0 Å². The van der Waals surface area contributed by atoms with E-state index in [9.17, 15) is 8.42 Å². The first-order valence-corrected chi connectivity index (χ1v) is 10.4. The lowest BCUT2D eigenvalue weighted by Gasteiger charge is -2.12. The first-order valence-electron chi connectivity index (χ1n) is 7.89. The van der Waals surface area contributed by atoms with Crippen LogP contribution in [0.1, 0.15) is 18.9 Å². The Balaban J connectivity index is 1.79. The molecule has 0 radical (unpaired) electrons. The minimum absolute atomic E-state index is 0.144. The number of sulfonamides is 1. The maximum Gasteiger partial charge on any atom is 0.240 e. The molecule has 5 heteroatoms. The van der Waals surface area contributed by atoms with E-state index in [4.69, 9.17) is 0 Å². The normalized spacial score (nSPS) is 13.2. The van der Waals surface area contributed by atoms with Crippen molar-refractivity contribution in [1.29, 1.82) is 0 Å². The van der Waals surface area contributed by atoms with Crippen molar-refractivity contribution in [2.45, 2.75) is 36.1 Å². The first kappa shape index (κ1) is 18.8. The highest BCUT2D eigenvalue weighted by Gasteiger charge is 2.16. The summed E-state index contributed by atoms with van der Waals surface area (Å²) in [6.45, 7) is 3.81. The molecule has 0 amide bonds. The van der Waals surface area contributed by atoms with Crippen LogP contribution >= 0.6 is 11.8 Å². The molecule has 0 saturated heterocycles. The number of thioether (sulfide) groups is 1. The summed E-state index contributed by atoms with van der Waals surface area (Å²) in [7, 11) is -3.45. The van der Waals surface area contributed by atoms with Crippen LogP contribution in [0.3, 0.4) is 0 Å². The van der Waals surface area contributed by atoms with E-state index in [1.807, 2.05) is 38.1 Å². The van der Waals surface area contributed by atoms with E-state index in [1.54, 1.807) is 36.0 Å². The monoisotopic (exact) mass is 361 g/mol. The minimum Gasteiger partial charge on any atom is -0.208 e. The van der Waals surface area contributed by atoms with Crippen molar-refractivity contribution in [2.24, 2.45) is 0 Å². The van der Waals surface area contributed by atoms with Crippen LogP contribution in [-0.2, 0) is 10.0 Å². The summed E-state index contributed by atoms with van der Waals surface area (Å²) in [6.07, 6.45) is 4.77. The van der Waals surface area contributed by atoms with Crippen LogP contribution in [0.15, 0.2) is 76.5 Å². The number of hydrogen-bond donors (Lipinski definition) is 1. The predicted molar refractivity (Wildman–Crippen MR) is 102 cm³/mol. The van der Waals surface area contributed by atoms with E-state index < -0.39 is 10.0 Å². The van der Waals surface area contributed by atoms with Crippen LogP contribution in [-0.4, -0.2) is 20.2 Å². The molecule has 2 rings (SSSR count). The fourth-order valence-electron chi connectivity index (χ4n) is 2.13. The van der Waals surface area contributed by atoms with Crippen molar-refractivity contribution in [2.75, 3.05) is 5.75 Å². The number of aryl methyl sites for hydroxylation is 1. The SMILES string of the molecule is Cc1ccc(S(=O)(=O)N[C@H](C)C/C=C/CSc2ccccc2)cc1. The molecule has 1 atom stereocenters. The van der Waals surface area contributed by atoms with Crippen molar-refractivity contribution in [1.82, 2.24) is 4.72 Å². The maximum atomic E-state index is 12.3. The lowest BCUT2D eigenvalue weighted by molar-refractivity contribution is 0.562. The maximum absolute atomic E-state index is 12.3. The molecule has 0 bridgehead atoms. The Morgan fingerprint density at radius 1 is 1.04 bits per heavy atom. The second-order valence-electron chi connectivity index (χ2n) is 5.67. The summed E-state index contributed by atoms with van der Waals surface area (Å²) in [5, 5.41) is 0. The van der Waals surface area contributed by atoms with Gasteiger partial charge in [0.15, 0.2) is 0 Å². The molecule has 0 aromatic heterocycles. The average molecular weight is 362 g/mol. The van der Waals surface area contributed by atoms with Crippen LogP contribution in [0.25, 0.3) is 0 Å². The molecule has 1 N–H and O–H groups in total. The van der Waals surface area contributed by atoms with Crippen molar-refractivity contribution in [3.63, 3.8) is 0 Å². The molecule has 0 heterocycles. The lowest BCUT2D eigenvalue weighted by atomic mass is 10.2. The van der Waals surface area contributed by atoms with Gasteiger partial charge in [-0.15, -0.1) is 11.8 Å². The van der Waals surface area contributed by atoms with Crippen LogP contribution in [0, 0.1) is 6.92 Å². The fraction of sp³-hybridized carbons (Fsp3) is 0.263. The standard InChI is InChI=1S/C19H23NO2S2/c1-16-11-13-19(14-12-16)24(21,22)20-17(2)8-6-7-15-23-18-9-4-3-5-10-18/h3-7,9-14,17,20H,8,15H2,1-2H3/b7-6+/t17-/m1/s1. The predicted octanol–water partition coefficient (Wildman–Crippen LogP) is 4.40. The average Bonchev–Trinajstić information content (AvgIpc) is 2.55. The molecule has 0 aliphatic carbocycles. The molecular weight excluding hydrogens is 338 g/mol. The molecule has 0 fully saturated rings. The van der Waals surface area contributed by atoms with Gasteiger partial charge in [-0.1, -0.05) is 48.0 Å². The van der Waals surface area contributed by atoms with Gasteiger partial charge in [-0.25, -0.2) is 13.1 Å². The van der Waals surface area contributed by atoms with E-state index in [2.05, 4.69) is 22.9 Å². The van der Waals surface area contributed by atoms with Crippen molar-refractivity contribution < 1.29 is 8.42 Å². The first-order chi connectivity index (χ1) is 11.5. The molecule has 0 unspecified atom stereocenters. The minimum atomic E-state index is -3.45. The van der Waals surface area contributed by atoms with Gasteiger partial charge in [0.05, 0.1) is 4.90 Å². The molecule has 0 spiro atoms. The summed E-state index contributed by atoms with van der Waals surface area (Å²) in [5.41, 5.74) is 1.04. The van der Waals surface area contributed by atoms with Crippen LogP contribution in [0.2, 0.25) is 0 Å². The number of benzene rings is 2. The van der Waals surface area contributed by atoms with E-state index in [0.29, 0.717) is 11.3 Å². The summed E-state index contributed by atoms with van der Waals surface area (Å²) < 4.78 is 27.3. The zero-order valence-electron chi connectivity index (χ0n) is 14.0. The highest BCUT2D eigenvalue weighted by Crippen LogP contribution is 2.17. The highest BCUT2D eigenvalue weighted by molar-refractivity contribution is 7.99. The number of rotatable bonds is 8. The van der Waals surface area contributed by atoms with Gasteiger partial charge in [0, 0.05) is 16.7 Å². The van der Waals surface area contributed by atoms with Gasteiger partial charge >= 0.3 is 0 Å². The Kier molecular flexibility index (Phi) is 7.09. The van der Waals surface area contributed by atoms with Crippen LogP contribution < -0.4 is 4.72 Å². The van der Waals surface area contributed by atoms with Gasteiger partial charge in [0.2, 0.25) is 10.0 Å². The van der Waals surface area contributed by atoms with Gasteiger partial charge < -0.3 is 0 Å². The van der Waals surface area contributed by atoms with E-state index in [-0.39, 0.29) is 6.04 Å². The molecule has 2 aromatic carbocycles. The smallest absolute Gasteiger partial charge is 0.208 e. The fourth-order valence-corrected chi connectivity index (χ4v) is 4.16. The van der Waals surface area contributed by atoms with Gasteiger partial charge in [-0.05, 0) is 44.5 Å². The Labute approximate surface area is 149 Å². The molecule has 0 aliphatic heterocycles. The zero-order valence-corrected chi connectivity index (χ0v) is 15.6. The van der Waals surface area contributed by atoms with Crippen molar-refractivity contribution in [3.05, 3.63) is 72.3 Å². The van der Waals surface area contributed by atoms with E-state index >= 15 is 0 Å². The Bertz CT molecular complexity index is 754. The molecular formula is C19H23NO2S2. The Morgan fingerprint density at radius 2 is 1.71 bits per heavy atom. The number of hydrogen-bond acceptors (Lipinski definition) is 3. The molecule has 24 heavy (non-hydrogen) atoms. The Hall–Kier alpha value is -1.56. The van der Waals surface area contributed by atoms with Crippen LogP contribution in [0.5, 0.6) is 0 Å². The molecule has 0 aliphatic rings. The van der Waals surface area contributed by atoms with Gasteiger partial charge in [0.25, 0.3) is 0 Å². The van der Waals surface area contributed by atoms with E-state index in [0.717, 1.165) is 11.3 Å². The van der Waals surface area contributed by atoms with Gasteiger partial charge in [0.1, 0.15) is 0 Å². The third-order valence-corrected chi connectivity index (χ3v) is 6.00. The largest absolute Gasteiger partial charge is 0.240 e. The van der Waals surface area contributed by atoms with Crippen molar-refractivity contribution >= 4 is 21.8 Å². The molecule has 0 saturated carbocycles. The molecule has 3 nitrogen and oxygen atoms in total.